The Morgan fingerprint density at radius 1 is 0.941 bits per heavy atom. The van der Waals surface area contributed by atoms with E-state index in [-0.39, 0.29) is 18.4 Å². The maximum atomic E-state index is 14.8. The molecular weight excluding hydrogens is 664 g/mol. The van der Waals surface area contributed by atoms with E-state index < -0.39 is 95.4 Å². The molecule has 1 aliphatic heterocycles. The molecule has 2 unspecified atom stereocenters. The van der Waals surface area contributed by atoms with Crippen molar-refractivity contribution >= 4 is 35.4 Å². The van der Waals surface area contributed by atoms with Crippen molar-refractivity contribution in [1.29, 1.82) is 0 Å². The minimum atomic E-state index is -3.20. The van der Waals surface area contributed by atoms with E-state index in [1.807, 2.05) is 49.3 Å². The lowest BCUT2D eigenvalue weighted by Gasteiger charge is -2.37. The van der Waals surface area contributed by atoms with Crippen molar-refractivity contribution in [3.63, 3.8) is 0 Å². The molecule has 15 heteroatoms. The number of piperidine rings is 1. The Labute approximate surface area is 298 Å². The predicted molar refractivity (Wildman–Crippen MR) is 185 cm³/mol. The van der Waals surface area contributed by atoms with E-state index in [0.29, 0.717) is 6.54 Å². The largest absolute Gasteiger partial charge is 0.346 e. The first-order valence-electron chi connectivity index (χ1n) is 17.5. The van der Waals surface area contributed by atoms with Gasteiger partial charge >= 0.3 is 6.03 Å². The molecule has 13 nitrogen and oxygen atoms in total. The number of rotatable bonds is 14. The maximum absolute atomic E-state index is 14.8. The van der Waals surface area contributed by atoms with Crippen molar-refractivity contribution in [2.45, 2.75) is 96.4 Å². The van der Waals surface area contributed by atoms with Gasteiger partial charge in [0.25, 0.3) is 11.8 Å². The van der Waals surface area contributed by atoms with Crippen LogP contribution in [0.5, 0.6) is 0 Å². The Morgan fingerprint density at radius 2 is 1.57 bits per heavy atom. The molecule has 282 valence electrons. The van der Waals surface area contributed by atoms with Gasteiger partial charge in [-0.15, -0.1) is 0 Å². The van der Waals surface area contributed by atoms with Gasteiger partial charge < -0.3 is 36.4 Å². The van der Waals surface area contributed by atoms with Gasteiger partial charge in [0, 0.05) is 18.6 Å². The summed E-state index contributed by atoms with van der Waals surface area (Å²) >= 11 is 0. The summed E-state index contributed by atoms with van der Waals surface area (Å²) in [6.45, 7) is 9.99. The number of hydrogen-bond donors (Lipinski definition) is 5. The number of likely N-dealkylation sites (N-methyl/N-ethyl adjacent to an activating group) is 1. The fraction of sp³-hybridized carbons (Fsp3) is 0.667. The molecule has 1 heterocycles. The number of likely N-dealkylation sites (tertiary alicyclic amines) is 1. The quantitative estimate of drug-likeness (QED) is 0.184. The lowest BCUT2D eigenvalue weighted by atomic mass is 9.85. The second-order valence-corrected chi connectivity index (χ2v) is 16.5. The first-order valence-corrected chi connectivity index (χ1v) is 17.5. The van der Waals surface area contributed by atoms with Gasteiger partial charge in [0.15, 0.2) is 0 Å². The third kappa shape index (κ3) is 10.2. The molecule has 6 atom stereocenters. The third-order valence-corrected chi connectivity index (χ3v) is 9.38. The van der Waals surface area contributed by atoms with Crippen LogP contribution in [-0.2, 0) is 24.0 Å². The number of carbonyl (C=O) groups excluding carboxylic acids is 6. The molecule has 4 rings (SSSR count). The van der Waals surface area contributed by atoms with Crippen LogP contribution >= 0.6 is 0 Å². The van der Waals surface area contributed by atoms with Gasteiger partial charge in [0.05, 0.1) is 30.5 Å². The van der Waals surface area contributed by atoms with Crippen LogP contribution in [0.4, 0.5) is 13.6 Å². The zero-order valence-corrected chi connectivity index (χ0v) is 30.8. The van der Waals surface area contributed by atoms with Crippen LogP contribution in [0.25, 0.3) is 0 Å². The van der Waals surface area contributed by atoms with Crippen molar-refractivity contribution in [1.82, 2.24) is 36.4 Å². The monoisotopic (exact) mass is 717 g/mol. The van der Waals surface area contributed by atoms with Gasteiger partial charge in [0.1, 0.15) is 12.1 Å². The molecule has 5 N–H and O–H groups in total. The summed E-state index contributed by atoms with van der Waals surface area (Å²) in [6.07, 6.45) is 1.64. The summed E-state index contributed by atoms with van der Waals surface area (Å²) in [4.78, 5) is 82.8. The van der Waals surface area contributed by atoms with Crippen molar-refractivity contribution in [2.75, 3.05) is 33.7 Å². The fourth-order valence-corrected chi connectivity index (χ4v) is 6.57. The molecule has 0 bridgehead atoms. The molecule has 1 aromatic rings. The van der Waals surface area contributed by atoms with Crippen LogP contribution in [0.15, 0.2) is 30.3 Å². The van der Waals surface area contributed by atoms with Crippen LogP contribution < -0.4 is 26.6 Å². The number of alkyl halides is 2. The number of Topliss-reactive ketones (excluding diaryl/α,β-unsaturated/α-hetero) is 1. The number of halogens is 2. The number of ketones is 1. The summed E-state index contributed by atoms with van der Waals surface area (Å²) in [7, 11) is 3.71. The highest BCUT2D eigenvalue weighted by Gasteiger charge is 2.78. The molecule has 51 heavy (non-hydrogen) atoms. The second kappa shape index (κ2) is 15.2. The van der Waals surface area contributed by atoms with Gasteiger partial charge in [-0.2, -0.15) is 0 Å². The predicted octanol–water partition coefficient (Wildman–Crippen LogP) is 1.98. The fourth-order valence-electron chi connectivity index (χ4n) is 6.57. The summed E-state index contributed by atoms with van der Waals surface area (Å²) in [5.41, 5.74) is -0.620. The lowest BCUT2D eigenvalue weighted by molar-refractivity contribution is -0.146. The van der Waals surface area contributed by atoms with Gasteiger partial charge in [0.2, 0.25) is 23.5 Å². The zero-order chi connectivity index (χ0) is 38.1. The normalized spacial score (nSPS) is 22.6. The highest BCUT2D eigenvalue weighted by atomic mass is 19.3. The molecule has 0 aromatic heterocycles. The van der Waals surface area contributed by atoms with E-state index >= 15 is 0 Å². The summed E-state index contributed by atoms with van der Waals surface area (Å²) in [5.74, 6) is -10.2. The van der Waals surface area contributed by atoms with Crippen LogP contribution in [-0.4, -0.2) is 109 Å². The molecule has 2 aliphatic carbocycles. The van der Waals surface area contributed by atoms with Crippen molar-refractivity contribution in [2.24, 2.45) is 23.2 Å². The number of fused-ring (bicyclic) bond motifs is 1. The average Bonchev–Trinajstić information content (AvgIpc) is 3.87. The molecule has 3 aliphatic rings. The van der Waals surface area contributed by atoms with Crippen LogP contribution in [0, 0.1) is 23.2 Å². The van der Waals surface area contributed by atoms with Gasteiger partial charge in [-0.1, -0.05) is 63.9 Å². The Bertz CT molecular complexity index is 1490. The Balaban J connectivity index is 1.45. The molecule has 0 spiro atoms. The number of urea groups is 1. The minimum Gasteiger partial charge on any atom is -0.346 e. The van der Waals surface area contributed by atoms with Crippen LogP contribution in [0.1, 0.15) is 72.4 Å². The smallest absolute Gasteiger partial charge is 0.315 e. The maximum Gasteiger partial charge on any atom is 0.315 e. The van der Waals surface area contributed by atoms with E-state index in [9.17, 15) is 37.5 Å². The number of nitrogens with one attached hydrogen (secondary N) is 5. The molecule has 2 saturated carbocycles. The topological polar surface area (TPSA) is 169 Å². The highest BCUT2D eigenvalue weighted by Crippen LogP contribution is 2.62. The third-order valence-electron chi connectivity index (χ3n) is 9.38. The standard InChI is InChI=1S/C36H53F2N7O6/c1-34(2,3)29(42-33(51)43-35(4,5)6)32(50)45-18-22-26(36(22,37)38)27(45)30(48)41-23(16-20-14-15-20)28(47)31(49)39-17-25(46)40-24(19-44(7)8)21-12-10-9-11-13-21/h9-13,20,22-24,26-27,29H,14-19H2,1-8H3,(H,39,49)(H,40,46)(H,41,48)(H2,42,43,51)/t22-,23?,24?,26-,27-,29+/m0/s1. The Kier molecular flexibility index (Phi) is 11.8. The molecule has 6 amide bonds. The van der Waals surface area contributed by atoms with E-state index in [4.69, 9.17) is 0 Å². The Hall–Kier alpha value is -4.14. The minimum absolute atomic E-state index is 0.0419. The number of nitrogens with zero attached hydrogens (tertiary/aromatic N) is 2. The van der Waals surface area contributed by atoms with E-state index in [1.54, 1.807) is 41.5 Å². The molecule has 0 radical (unpaired) electrons. The molecule has 1 saturated heterocycles. The SMILES string of the molecule is CN(C)CC(NC(=O)CNC(=O)C(=O)C(CC1CC1)NC(=O)[C@@H]1[C@@H]2[C@H](CN1C(=O)[C@@H](NC(=O)NC(C)(C)C)C(C)(C)C)C2(F)F)c1ccccc1. The van der Waals surface area contributed by atoms with Gasteiger partial charge in [-0.3, -0.25) is 24.0 Å². The van der Waals surface area contributed by atoms with Crippen molar-refractivity contribution < 1.29 is 37.5 Å². The molecule has 3 fully saturated rings. The average molecular weight is 718 g/mol. The molecular formula is C36H53F2N7O6. The van der Waals surface area contributed by atoms with Crippen molar-refractivity contribution in [3.8, 4) is 0 Å². The van der Waals surface area contributed by atoms with Crippen molar-refractivity contribution in [3.05, 3.63) is 35.9 Å². The number of carbonyl (C=O) groups is 6. The van der Waals surface area contributed by atoms with Crippen LogP contribution in [0.2, 0.25) is 0 Å². The summed E-state index contributed by atoms with van der Waals surface area (Å²) < 4.78 is 29.7. The number of amides is 6. The summed E-state index contributed by atoms with van der Waals surface area (Å²) in [5, 5.41) is 13.1. The van der Waals surface area contributed by atoms with E-state index in [0.717, 1.165) is 23.3 Å². The second-order valence-electron chi connectivity index (χ2n) is 16.5. The van der Waals surface area contributed by atoms with Gasteiger partial charge in [-0.05, 0) is 58.2 Å². The van der Waals surface area contributed by atoms with E-state index in [2.05, 4.69) is 26.6 Å². The molecule has 1 aromatic carbocycles. The first-order chi connectivity index (χ1) is 23.6. The highest BCUT2D eigenvalue weighted by molar-refractivity contribution is 6.38. The lowest BCUT2D eigenvalue weighted by Crippen LogP contribution is -2.62. The number of hydrogen-bond acceptors (Lipinski definition) is 7. The summed E-state index contributed by atoms with van der Waals surface area (Å²) in [6, 6.07) is 4.12. The van der Waals surface area contributed by atoms with E-state index in [1.165, 1.54) is 0 Å². The Morgan fingerprint density at radius 3 is 2.12 bits per heavy atom. The van der Waals surface area contributed by atoms with Crippen LogP contribution in [0.3, 0.4) is 0 Å². The zero-order valence-electron chi connectivity index (χ0n) is 30.8. The first kappa shape index (κ1) is 39.6. The van der Waals surface area contributed by atoms with Gasteiger partial charge in [-0.25, -0.2) is 13.6 Å². The number of benzene rings is 1.